The van der Waals surface area contributed by atoms with Crippen molar-refractivity contribution in [2.45, 2.75) is 50.7 Å². The van der Waals surface area contributed by atoms with Crippen LogP contribution in [0.15, 0.2) is 78.9 Å². The summed E-state index contributed by atoms with van der Waals surface area (Å²) < 4.78 is 19.2. The molecule has 4 saturated heterocycles. The molecule has 4 heterocycles. The van der Waals surface area contributed by atoms with Gasteiger partial charge in [0.1, 0.15) is 0 Å². The van der Waals surface area contributed by atoms with Crippen molar-refractivity contribution in [2.24, 2.45) is 5.92 Å². The molecule has 0 aromatic heterocycles. The van der Waals surface area contributed by atoms with Gasteiger partial charge in [0.2, 0.25) is 5.72 Å². The molecular formula is C31H31NO5. The van der Waals surface area contributed by atoms with Gasteiger partial charge in [-0.3, -0.25) is 4.90 Å². The number of benzene rings is 3. The summed E-state index contributed by atoms with van der Waals surface area (Å²) in [5.74, 6) is -3.98. The molecule has 6 nitrogen and oxygen atoms in total. The molecule has 0 N–H and O–H groups in total. The molecule has 0 radical (unpaired) electrons. The third-order valence-electron chi connectivity index (χ3n) is 8.34. The molecule has 2 bridgehead atoms. The topological polar surface area (TPSA) is 65.1 Å². The van der Waals surface area contributed by atoms with Crippen molar-refractivity contribution >= 4 is 11.9 Å². The minimum absolute atomic E-state index is 0.115. The molecule has 0 amide bonds. The number of esters is 2. The summed E-state index contributed by atoms with van der Waals surface area (Å²) in [5, 5.41) is 0. The lowest BCUT2D eigenvalue weighted by Gasteiger charge is -2.65. The van der Waals surface area contributed by atoms with E-state index in [0.29, 0.717) is 0 Å². The van der Waals surface area contributed by atoms with E-state index in [2.05, 4.69) is 30.9 Å². The Bertz CT molecular complexity index is 1280. The number of aryl methyl sites for hydroxylation is 2. The van der Waals surface area contributed by atoms with Gasteiger partial charge in [-0.15, -0.1) is 0 Å². The van der Waals surface area contributed by atoms with E-state index in [1.807, 2.05) is 66.7 Å². The molecular weight excluding hydrogens is 466 g/mol. The standard InChI is InChI=1S/C31H31NO5/c1-21-13-14-23(19-22(21)2)20-35-31-26-15-17-32(18-16-26)30(31,36-28(33)29(34)37-31)27(24-9-5-3-6-10-24)25-11-7-4-8-12-25/h3-14,19,26-27H,15-18,20H2,1-2H3. The lowest BCUT2D eigenvalue weighted by Crippen LogP contribution is -2.82. The van der Waals surface area contributed by atoms with Crippen LogP contribution < -0.4 is 0 Å². The third kappa shape index (κ3) is 3.70. The summed E-state index contributed by atoms with van der Waals surface area (Å²) >= 11 is 0. The molecule has 3 aromatic rings. The molecule has 4 aliphatic heterocycles. The number of rotatable bonds is 6. The lowest BCUT2D eigenvalue weighted by molar-refractivity contribution is -0.417. The molecule has 3 aromatic carbocycles. The van der Waals surface area contributed by atoms with Crippen LogP contribution in [0.5, 0.6) is 0 Å². The van der Waals surface area contributed by atoms with Gasteiger partial charge >= 0.3 is 11.9 Å². The van der Waals surface area contributed by atoms with Crippen molar-refractivity contribution in [3.8, 4) is 0 Å². The monoisotopic (exact) mass is 497 g/mol. The largest absolute Gasteiger partial charge is 0.427 e. The average Bonchev–Trinajstić information content (AvgIpc) is 2.93. The van der Waals surface area contributed by atoms with E-state index in [9.17, 15) is 9.59 Å². The Hall–Kier alpha value is -3.48. The Labute approximate surface area is 217 Å². The third-order valence-corrected chi connectivity index (χ3v) is 8.34. The normalized spacial score (nSPS) is 28.5. The smallest absolute Gasteiger partial charge is 0.420 e. The fourth-order valence-electron chi connectivity index (χ4n) is 6.47. The van der Waals surface area contributed by atoms with Gasteiger partial charge in [-0.25, -0.2) is 9.59 Å². The highest BCUT2D eigenvalue weighted by molar-refractivity contribution is 6.30. The van der Waals surface area contributed by atoms with Gasteiger partial charge in [0, 0.05) is 19.0 Å². The van der Waals surface area contributed by atoms with Gasteiger partial charge in [0.15, 0.2) is 0 Å². The molecule has 37 heavy (non-hydrogen) atoms. The fraction of sp³-hybridized carbons (Fsp3) is 0.355. The van der Waals surface area contributed by atoms with Gasteiger partial charge in [-0.1, -0.05) is 78.9 Å². The lowest BCUT2D eigenvalue weighted by atomic mass is 9.66. The van der Waals surface area contributed by atoms with E-state index in [-0.39, 0.29) is 12.5 Å². The Morgan fingerprint density at radius 1 is 0.838 bits per heavy atom. The molecule has 4 aliphatic rings. The summed E-state index contributed by atoms with van der Waals surface area (Å²) in [6.07, 6.45) is 1.58. The Kier molecular flexibility index (Phi) is 5.89. The second-order valence-electron chi connectivity index (χ2n) is 10.4. The molecule has 0 spiro atoms. The predicted octanol–water partition coefficient (Wildman–Crippen LogP) is 4.87. The van der Waals surface area contributed by atoms with Crippen LogP contribution in [0, 0.1) is 19.8 Å². The van der Waals surface area contributed by atoms with Crippen molar-refractivity contribution in [2.75, 3.05) is 13.1 Å². The van der Waals surface area contributed by atoms with Crippen molar-refractivity contribution in [3.05, 3.63) is 107 Å². The zero-order valence-corrected chi connectivity index (χ0v) is 21.2. The fourth-order valence-corrected chi connectivity index (χ4v) is 6.47. The highest BCUT2D eigenvalue weighted by atomic mass is 16.8. The van der Waals surface area contributed by atoms with E-state index >= 15 is 0 Å². The number of ether oxygens (including phenoxy) is 3. The minimum Gasteiger partial charge on any atom is -0.427 e. The summed E-state index contributed by atoms with van der Waals surface area (Å²) in [6, 6.07) is 26.2. The number of carbonyl (C=O) groups excluding carboxylic acids is 2. The van der Waals surface area contributed by atoms with Crippen LogP contribution in [0.1, 0.15) is 46.6 Å². The van der Waals surface area contributed by atoms with Crippen LogP contribution in [0.25, 0.3) is 0 Å². The van der Waals surface area contributed by atoms with Crippen LogP contribution in [0.4, 0.5) is 0 Å². The first-order chi connectivity index (χ1) is 17.9. The highest BCUT2D eigenvalue weighted by Gasteiger charge is 2.76. The number of fused-ring (bicyclic) bond motifs is 2. The SMILES string of the molecule is Cc1ccc(COC23OC(=O)C(=O)OC2(C(c2ccccc2)c2ccccc2)N2CCC3CC2)cc1C. The van der Waals surface area contributed by atoms with Gasteiger partial charge in [-0.2, -0.15) is 0 Å². The molecule has 190 valence electrons. The van der Waals surface area contributed by atoms with Gasteiger partial charge < -0.3 is 14.2 Å². The van der Waals surface area contributed by atoms with Crippen LogP contribution in [0.2, 0.25) is 0 Å². The van der Waals surface area contributed by atoms with E-state index in [4.69, 9.17) is 14.2 Å². The first-order valence-corrected chi connectivity index (χ1v) is 13.0. The van der Waals surface area contributed by atoms with Crippen molar-refractivity contribution in [1.29, 1.82) is 0 Å². The highest BCUT2D eigenvalue weighted by Crippen LogP contribution is 2.59. The van der Waals surface area contributed by atoms with Crippen LogP contribution in [-0.2, 0) is 30.4 Å². The molecule has 2 unspecified atom stereocenters. The zero-order chi connectivity index (χ0) is 25.6. The number of hydrogen-bond donors (Lipinski definition) is 0. The second-order valence-corrected chi connectivity index (χ2v) is 10.4. The summed E-state index contributed by atoms with van der Waals surface area (Å²) in [5.41, 5.74) is 3.92. The summed E-state index contributed by atoms with van der Waals surface area (Å²) in [6.45, 7) is 5.82. The molecule has 0 aliphatic carbocycles. The van der Waals surface area contributed by atoms with E-state index < -0.39 is 29.4 Å². The molecule has 6 heteroatoms. The maximum Gasteiger partial charge on any atom is 0.420 e. The number of carbonyl (C=O) groups is 2. The van der Waals surface area contributed by atoms with Crippen molar-refractivity contribution in [3.63, 3.8) is 0 Å². The van der Waals surface area contributed by atoms with Crippen LogP contribution in [-0.4, -0.2) is 41.4 Å². The van der Waals surface area contributed by atoms with Gasteiger partial charge in [-0.05, 0) is 54.5 Å². The Morgan fingerprint density at radius 2 is 1.43 bits per heavy atom. The first kappa shape index (κ1) is 23.9. The summed E-state index contributed by atoms with van der Waals surface area (Å²) in [7, 11) is 0. The molecule has 7 rings (SSSR count). The zero-order valence-electron chi connectivity index (χ0n) is 21.2. The molecule has 0 saturated carbocycles. The molecule has 4 fully saturated rings. The minimum atomic E-state index is -1.45. The van der Waals surface area contributed by atoms with Gasteiger partial charge in [0.05, 0.1) is 12.5 Å². The average molecular weight is 498 g/mol. The first-order valence-electron chi connectivity index (χ1n) is 13.0. The Morgan fingerprint density at radius 3 is 2.03 bits per heavy atom. The predicted molar refractivity (Wildman–Crippen MR) is 137 cm³/mol. The number of nitrogens with zero attached hydrogens (tertiary/aromatic N) is 1. The van der Waals surface area contributed by atoms with E-state index in [0.717, 1.165) is 48.2 Å². The summed E-state index contributed by atoms with van der Waals surface area (Å²) in [4.78, 5) is 28.1. The van der Waals surface area contributed by atoms with E-state index in [1.165, 1.54) is 5.56 Å². The second kappa shape index (κ2) is 9.12. The molecule has 2 atom stereocenters. The van der Waals surface area contributed by atoms with Crippen molar-refractivity contribution in [1.82, 2.24) is 4.90 Å². The van der Waals surface area contributed by atoms with Crippen molar-refractivity contribution < 1.29 is 23.8 Å². The number of piperidine rings is 3. The maximum absolute atomic E-state index is 13.0. The van der Waals surface area contributed by atoms with Crippen LogP contribution in [0.3, 0.4) is 0 Å². The van der Waals surface area contributed by atoms with Crippen LogP contribution >= 0.6 is 0 Å². The Balaban J connectivity index is 1.54. The number of hydrogen-bond acceptors (Lipinski definition) is 6. The van der Waals surface area contributed by atoms with Gasteiger partial charge in [0.25, 0.3) is 5.79 Å². The maximum atomic E-state index is 13.0. The van der Waals surface area contributed by atoms with E-state index in [1.54, 1.807) is 0 Å². The quantitative estimate of drug-likeness (QED) is 0.358.